The monoisotopic (exact) mass is 266 g/mol. The van der Waals surface area contributed by atoms with Crippen LogP contribution in [-0.2, 0) is 0 Å². The average Bonchev–Trinajstić information content (AvgIpc) is 3.27. The van der Waals surface area contributed by atoms with Crippen LogP contribution in [0.5, 0.6) is 0 Å². The maximum absolute atomic E-state index is 4.32. The molecule has 1 saturated carbocycles. The van der Waals surface area contributed by atoms with Crippen LogP contribution in [0.15, 0.2) is 48.8 Å². The highest BCUT2D eigenvalue weighted by molar-refractivity contribution is 5.32. The Balaban J connectivity index is 1.82. The van der Waals surface area contributed by atoms with Crippen LogP contribution in [0.3, 0.4) is 0 Å². The number of hydrogen-bond acceptors (Lipinski definition) is 2. The quantitative estimate of drug-likeness (QED) is 0.889. The number of rotatable bonds is 5. The van der Waals surface area contributed by atoms with Crippen molar-refractivity contribution in [2.75, 3.05) is 6.54 Å². The van der Waals surface area contributed by atoms with Crippen molar-refractivity contribution >= 4 is 0 Å². The minimum atomic E-state index is 0.430. The van der Waals surface area contributed by atoms with Crippen LogP contribution in [0, 0.1) is 12.8 Å². The van der Waals surface area contributed by atoms with Crippen LogP contribution in [-0.4, -0.2) is 11.5 Å². The largest absolute Gasteiger partial charge is 0.310 e. The minimum absolute atomic E-state index is 0.430. The molecule has 3 unspecified atom stereocenters. The van der Waals surface area contributed by atoms with Crippen molar-refractivity contribution in [1.82, 2.24) is 10.3 Å². The first-order valence-electron chi connectivity index (χ1n) is 7.50. The first kappa shape index (κ1) is 13.3. The summed E-state index contributed by atoms with van der Waals surface area (Å²) in [5.74, 6) is 1.39. The smallest absolute Gasteiger partial charge is 0.0372 e. The maximum Gasteiger partial charge on any atom is 0.0372 e. The molecule has 2 nitrogen and oxygen atoms in total. The van der Waals surface area contributed by atoms with Crippen molar-refractivity contribution in [3.63, 3.8) is 0 Å². The summed E-state index contributed by atoms with van der Waals surface area (Å²) in [6.45, 7) is 5.36. The molecular weight excluding hydrogens is 244 g/mol. The summed E-state index contributed by atoms with van der Waals surface area (Å²) in [7, 11) is 0. The summed E-state index contributed by atoms with van der Waals surface area (Å²) in [5, 5.41) is 3.66. The van der Waals surface area contributed by atoms with Gasteiger partial charge in [0.1, 0.15) is 0 Å². The summed E-state index contributed by atoms with van der Waals surface area (Å²) >= 11 is 0. The third-order valence-electron chi connectivity index (χ3n) is 4.33. The molecule has 0 radical (unpaired) electrons. The lowest BCUT2D eigenvalue weighted by Gasteiger charge is -2.20. The lowest BCUT2D eigenvalue weighted by Crippen LogP contribution is -2.24. The lowest BCUT2D eigenvalue weighted by molar-refractivity contribution is 0.484. The molecule has 1 aliphatic rings. The van der Waals surface area contributed by atoms with Gasteiger partial charge in [0, 0.05) is 18.4 Å². The molecule has 1 aliphatic carbocycles. The van der Waals surface area contributed by atoms with E-state index in [4.69, 9.17) is 0 Å². The molecule has 1 fully saturated rings. The standard InChI is InChI=1S/C18H22N2/c1-3-20-18(17-12-19-10-9-13(17)2)16-11-15(16)14-7-5-4-6-8-14/h4-10,12,15-16,18,20H,3,11H2,1-2H3. The van der Waals surface area contributed by atoms with E-state index in [1.165, 1.54) is 23.1 Å². The van der Waals surface area contributed by atoms with Crippen LogP contribution < -0.4 is 5.32 Å². The molecule has 3 atom stereocenters. The molecule has 2 heteroatoms. The Morgan fingerprint density at radius 2 is 2.05 bits per heavy atom. The van der Waals surface area contributed by atoms with E-state index in [0.29, 0.717) is 17.9 Å². The lowest BCUT2D eigenvalue weighted by atomic mass is 9.97. The van der Waals surface area contributed by atoms with Crippen molar-refractivity contribution < 1.29 is 0 Å². The van der Waals surface area contributed by atoms with Gasteiger partial charge in [-0.3, -0.25) is 4.98 Å². The second kappa shape index (κ2) is 5.76. The number of aromatic nitrogens is 1. The molecular formula is C18H22N2. The van der Waals surface area contributed by atoms with Gasteiger partial charge in [0.05, 0.1) is 0 Å². The van der Waals surface area contributed by atoms with Crippen molar-refractivity contribution in [3.05, 3.63) is 65.5 Å². The molecule has 2 aromatic rings. The predicted molar refractivity (Wildman–Crippen MR) is 82.7 cm³/mol. The molecule has 104 valence electrons. The summed E-state index contributed by atoms with van der Waals surface area (Å²) in [4.78, 5) is 4.32. The Morgan fingerprint density at radius 3 is 2.75 bits per heavy atom. The minimum Gasteiger partial charge on any atom is -0.310 e. The van der Waals surface area contributed by atoms with Gasteiger partial charge in [-0.25, -0.2) is 0 Å². The Bertz CT molecular complexity index is 565. The molecule has 1 aromatic heterocycles. The Hall–Kier alpha value is -1.67. The van der Waals surface area contributed by atoms with Gasteiger partial charge in [-0.2, -0.15) is 0 Å². The molecule has 1 aromatic carbocycles. The van der Waals surface area contributed by atoms with Gasteiger partial charge in [0.2, 0.25) is 0 Å². The van der Waals surface area contributed by atoms with Crippen molar-refractivity contribution in [1.29, 1.82) is 0 Å². The number of aryl methyl sites for hydroxylation is 1. The molecule has 0 aliphatic heterocycles. The Kier molecular flexibility index (Phi) is 3.83. The van der Waals surface area contributed by atoms with E-state index in [2.05, 4.69) is 60.5 Å². The summed E-state index contributed by atoms with van der Waals surface area (Å²) < 4.78 is 0. The number of hydrogen-bond donors (Lipinski definition) is 1. The molecule has 0 spiro atoms. The van der Waals surface area contributed by atoms with E-state index in [0.717, 1.165) is 6.54 Å². The van der Waals surface area contributed by atoms with Gasteiger partial charge in [-0.05, 0) is 54.5 Å². The molecule has 1 N–H and O–H groups in total. The van der Waals surface area contributed by atoms with Gasteiger partial charge in [0.15, 0.2) is 0 Å². The Morgan fingerprint density at radius 1 is 1.25 bits per heavy atom. The fourth-order valence-corrected chi connectivity index (χ4v) is 3.18. The molecule has 3 rings (SSSR count). The molecule has 20 heavy (non-hydrogen) atoms. The van der Waals surface area contributed by atoms with E-state index in [1.54, 1.807) is 0 Å². The van der Waals surface area contributed by atoms with Crippen LogP contribution in [0.25, 0.3) is 0 Å². The van der Waals surface area contributed by atoms with Gasteiger partial charge >= 0.3 is 0 Å². The van der Waals surface area contributed by atoms with Crippen LogP contribution >= 0.6 is 0 Å². The predicted octanol–water partition coefficient (Wildman–Crippen LogP) is 3.84. The summed E-state index contributed by atoms with van der Waals surface area (Å²) in [5.41, 5.74) is 4.17. The fourth-order valence-electron chi connectivity index (χ4n) is 3.18. The van der Waals surface area contributed by atoms with E-state index in [1.807, 2.05) is 12.4 Å². The van der Waals surface area contributed by atoms with Crippen molar-refractivity contribution in [2.45, 2.75) is 32.2 Å². The highest BCUT2D eigenvalue weighted by atomic mass is 14.9. The molecule has 0 amide bonds. The van der Waals surface area contributed by atoms with Gasteiger partial charge in [-0.15, -0.1) is 0 Å². The van der Waals surface area contributed by atoms with Gasteiger partial charge < -0.3 is 5.32 Å². The van der Waals surface area contributed by atoms with Crippen molar-refractivity contribution in [2.24, 2.45) is 5.92 Å². The SMILES string of the molecule is CCNC(c1cnccc1C)C1CC1c1ccccc1. The second-order valence-electron chi connectivity index (χ2n) is 5.68. The third-order valence-corrected chi connectivity index (χ3v) is 4.33. The molecule has 0 bridgehead atoms. The van der Waals surface area contributed by atoms with Gasteiger partial charge in [0.25, 0.3) is 0 Å². The van der Waals surface area contributed by atoms with E-state index in [-0.39, 0.29) is 0 Å². The normalized spacial score (nSPS) is 22.5. The topological polar surface area (TPSA) is 24.9 Å². The molecule has 0 saturated heterocycles. The summed E-state index contributed by atoms with van der Waals surface area (Å²) in [6, 6.07) is 13.4. The van der Waals surface area contributed by atoms with Crippen LogP contribution in [0.2, 0.25) is 0 Å². The number of nitrogens with zero attached hydrogens (tertiary/aromatic N) is 1. The highest BCUT2D eigenvalue weighted by Crippen LogP contribution is 2.54. The first-order valence-corrected chi connectivity index (χ1v) is 7.50. The van der Waals surface area contributed by atoms with E-state index >= 15 is 0 Å². The van der Waals surface area contributed by atoms with Gasteiger partial charge in [-0.1, -0.05) is 37.3 Å². The zero-order valence-corrected chi connectivity index (χ0v) is 12.2. The third kappa shape index (κ3) is 2.61. The Labute approximate surface area is 121 Å². The van der Waals surface area contributed by atoms with Crippen LogP contribution in [0.1, 0.15) is 42.0 Å². The number of pyridine rings is 1. The zero-order valence-electron chi connectivity index (χ0n) is 12.2. The van der Waals surface area contributed by atoms with Crippen molar-refractivity contribution in [3.8, 4) is 0 Å². The fraction of sp³-hybridized carbons (Fsp3) is 0.389. The van der Waals surface area contributed by atoms with E-state index in [9.17, 15) is 0 Å². The average molecular weight is 266 g/mol. The second-order valence-corrected chi connectivity index (χ2v) is 5.68. The first-order chi connectivity index (χ1) is 9.81. The number of nitrogens with one attached hydrogen (secondary N) is 1. The maximum atomic E-state index is 4.32. The number of benzene rings is 1. The van der Waals surface area contributed by atoms with Crippen LogP contribution in [0.4, 0.5) is 0 Å². The highest BCUT2D eigenvalue weighted by Gasteiger charge is 2.44. The summed E-state index contributed by atoms with van der Waals surface area (Å²) in [6.07, 6.45) is 5.18. The molecule has 1 heterocycles. The zero-order chi connectivity index (χ0) is 13.9. The van der Waals surface area contributed by atoms with E-state index < -0.39 is 0 Å².